The van der Waals surface area contributed by atoms with Gasteiger partial charge in [0.05, 0.1) is 11.4 Å². The van der Waals surface area contributed by atoms with E-state index in [-0.39, 0.29) is 29.4 Å². The normalized spacial score (nSPS) is 13.2. The van der Waals surface area contributed by atoms with Gasteiger partial charge >= 0.3 is 6.18 Å². The maximum Gasteiger partial charge on any atom is 0.402 e. The summed E-state index contributed by atoms with van der Waals surface area (Å²) in [7, 11) is -2.65. The van der Waals surface area contributed by atoms with Crippen LogP contribution in [0.2, 0.25) is 0 Å². The van der Waals surface area contributed by atoms with Gasteiger partial charge in [-0.05, 0) is 14.0 Å². The monoisotopic (exact) mass is 314 g/mol. The topological polar surface area (TPSA) is 78.1 Å². The molecule has 116 valence electrons. The van der Waals surface area contributed by atoms with Gasteiger partial charge in [0.2, 0.25) is 10.0 Å². The molecule has 0 fully saturated rings. The zero-order chi connectivity index (χ0) is 15.6. The van der Waals surface area contributed by atoms with Gasteiger partial charge in [0.1, 0.15) is 11.4 Å². The Balaban J connectivity index is 3.24. The van der Waals surface area contributed by atoms with Crippen LogP contribution in [0.5, 0.6) is 0 Å². The van der Waals surface area contributed by atoms with Gasteiger partial charge in [-0.15, -0.1) is 0 Å². The number of hydrogen-bond acceptors (Lipinski definition) is 4. The summed E-state index contributed by atoms with van der Waals surface area (Å²) in [5.74, 6) is 0. The highest BCUT2D eigenvalue weighted by Gasteiger charge is 2.38. The fraction of sp³-hybridized carbons (Fsp3) is 0.700. The number of H-pyrrole nitrogens is 1. The summed E-state index contributed by atoms with van der Waals surface area (Å²) in [4.78, 5) is -0.196. The van der Waals surface area contributed by atoms with E-state index in [2.05, 4.69) is 15.5 Å². The Labute approximate surface area is 115 Å². The first-order valence-corrected chi connectivity index (χ1v) is 7.32. The SMILES string of the molecule is CCN(CC(F)(F)F)S(=O)(=O)c1c(CNC)n[nH]c1C. The van der Waals surface area contributed by atoms with E-state index in [0.717, 1.165) is 0 Å². The number of aromatic amines is 1. The second-order valence-electron chi connectivity index (χ2n) is 4.20. The van der Waals surface area contributed by atoms with Crippen LogP contribution in [0.3, 0.4) is 0 Å². The third-order valence-corrected chi connectivity index (χ3v) is 4.74. The van der Waals surface area contributed by atoms with Gasteiger partial charge in [-0.3, -0.25) is 5.10 Å². The van der Waals surface area contributed by atoms with Crippen LogP contribution in [-0.2, 0) is 16.6 Å². The van der Waals surface area contributed by atoms with Crippen LogP contribution >= 0.6 is 0 Å². The van der Waals surface area contributed by atoms with E-state index in [1.807, 2.05) is 0 Å². The Morgan fingerprint density at radius 3 is 2.45 bits per heavy atom. The van der Waals surface area contributed by atoms with Crippen LogP contribution in [0, 0.1) is 6.92 Å². The largest absolute Gasteiger partial charge is 0.402 e. The van der Waals surface area contributed by atoms with Crippen molar-refractivity contribution in [3.63, 3.8) is 0 Å². The number of aryl methyl sites for hydroxylation is 1. The van der Waals surface area contributed by atoms with E-state index < -0.39 is 22.7 Å². The first-order chi connectivity index (χ1) is 9.13. The summed E-state index contributed by atoms with van der Waals surface area (Å²) in [5, 5.41) is 9.03. The minimum absolute atomic E-state index is 0.141. The zero-order valence-electron chi connectivity index (χ0n) is 11.4. The molecule has 0 aliphatic carbocycles. The number of sulfonamides is 1. The fourth-order valence-electron chi connectivity index (χ4n) is 1.79. The van der Waals surface area contributed by atoms with E-state index in [1.165, 1.54) is 13.8 Å². The Morgan fingerprint density at radius 2 is 2.00 bits per heavy atom. The summed E-state index contributed by atoms with van der Waals surface area (Å²) < 4.78 is 62.5. The lowest BCUT2D eigenvalue weighted by molar-refractivity contribution is -0.135. The highest BCUT2D eigenvalue weighted by atomic mass is 32.2. The molecule has 0 unspecified atom stereocenters. The molecule has 1 aromatic rings. The molecule has 0 bridgehead atoms. The molecule has 0 radical (unpaired) electrons. The van der Waals surface area contributed by atoms with Gasteiger partial charge in [-0.1, -0.05) is 6.92 Å². The molecule has 1 aromatic heterocycles. The number of rotatable bonds is 6. The predicted molar refractivity (Wildman–Crippen MR) is 66.6 cm³/mol. The molecule has 0 amide bonds. The number of alkyl halides is 3. The van der Waals surface area contributed by atoms with Gasteiger partial charge in [-0.25, -0.2) is 8.42 Å². The molecule has 0 atom stereocenters. The molecule has 0 aliphatic heterocycles. The smallest absolute Gasteiger partial charge is 0.314 e. The Bertz CT molecular complexity index is 553. The lowest BCUT2D eigenvalue weighted by atomic mass is 10.4. The van der Waals surface area contributed by atoms with Gasteiger partial charge < -0.3 is 5.32 Å². The molecule has 6 nitrogen and oxygen atoms in total. The van der Waals surface area contributed by atoms with E-state index in [9.17, 15) is 21.6 Å². The molecule has 1 rings (SSSR count). The van der Waals surface area contributed by atoms with E-state index in [0.29, 0.717) is 4.31 Å². The Kier molecular flexibility index (Phi) is 5.16. The molecule has 1 heterocycles. The summed E-state index contributed by atoms with van der Waals surface area (Å²) in [6.07, 6.45) is -4.59. The van der Waals surface area contributed by atoms with Crippen molar-refractivity contribution in [2.24, 2.45) is 0 Å². The van der Waals surface area contributed by atoms with Crippen molar-refractivity contribution in [1.29, 1.82) is 0 Å². The summed E-state index contributed by atoms with van der Waals surface area (Å²) in [5.41, 5.74) is 0.390. The van der Waals surface area contributed by atoms with Crippen LogP contribution < -0.4 is 5.32 Å². The van der Waals surface area contributed by atoms with Crippen molar-refractivity contribution in [3.8, 4) is 0 Å². The van der Waals surface area contributed by atoms with Crippen LogP contribution in [-0.4, -0.2) is 49.2 Å². The predicted octanol–water partition coefficient (Wildman–Crippen LogP) is 1.01. The van der Waals surface area contributed by atoms with Crippen LogP contribution in [0.4, 0.5) is 13.2 Å². The standard InChI is InChI=1S/C10H17F3N4O2S/c1-4-17(6-10(11,12)13)20(18,19)9-7(2)15-16-8(9)5-14-3/h14H,4-6H2,1-3H3,(H,15,16). The van der Waals surface area contributed by atoms with Gasteiger partial charge in [0.25, 0.3) is 0 Å². The molecule has 0 aromatic carbocycles. The fourth-order valence-corrected chi connectivity index (χ4v) is 3.56. The minimum atomic E-state index is -4.59. The molecule has 0 aliphatic rings. The number of hydrogen-bond donors (Lipinski definition) is 2. The second kappa shape index (κ2) is 6.10. The lowest BCUT2D eigenvalue weighted by Crippen LogP contribution is -2.39. The molecular formula is C10H17F3N4O2S. The van der Waals surface area contributed by atoms with Crippen molar-refractivity contribution in [2.75, 3.05) is 20.1 Å². The average molecular weight is 314 g/mol. The van der Waals surface area contributed by atoms with Crippen LogP contribution in [0.25, 0.3) is 0 Å². The van der Waals surface area contributed by atoms with Gasteiger partial charge in [0.15, 0.2) is 0 Å². The average Bonchev–Trinajstić information content (AvgIpc) is 2.67. The molecule has 0 spiro atoms. The molecular weight excluding hydrogens is 297 g/mol. The first-order valence-electron chi connectivity index (χ1n) is 5.88. The summed E-state index contributed by atoms with van der Waals surface area (Å²) in [6.45, 7) is 1.17. The molecule has 20 heavy (non-hydrogen) atoms. The van der Waals surface area contributed by atoms with Crippen LogP contribution in [0.15, 0.2) is 4.90 Å². The number of nitrogens with zero attached hydrogens (tertiary/aromatic N) is 2. The summed E-state index contributed by atoms with van der Waals surface area (Å²) in [6, 6.07) is 0. The number of nitrogens with one attached hydrogen (secondary N) is 2. The number of halogens is 3. The molecule has 10 heteroatoms. The minimum Gasteiger partial charge on any atom is -0.314 e. The van der Waals surface area contributed by atoms with Gasteiger partial charge in [-0.2, -0.15) is 22.6 Å². The van der Waals surface area contributed by atoms with Crippen LogP contribution in [0.1, 0.15) is 18.3 Å². The van der Waals surface area contributed by atoms with Crippen molar-refractivity contribution < 1.29 is 21.6 Å². The number of aromatic nitrogens is 2. The van der Waals surface area contributed by atoms with Crippen molar-refractivity contribution in [3.05, 3.63) is 11.4 Å². The Hall–Kier alpha value is -1.13. The summed E-state index contributed by atoms with van der Waals surface area (Å²) >= 11 is 0. The highest BCUT2D eigenvalue weighted by molar-refractivity contribution is 7.89. The van der Waals surface area contributed by atoms with Crippen molar-refractivity contribution >= 4 is 10.0 Å². The molecule has 0 saturated heterocycles. The lowest BCUT2D eigenvalue weighted by Gasteiger charge is -2.22. The van der Waals surface area contributed by atoms with Gasteiger partial charge in [0, 0.05) is 13.1 Å². The van der Waals surface area contributed by atoms with Crippen molar-refractivity contribution in [1.82, 2.24) is 19.8 Å². The first kappa shape index (κ1) is 16.9. The Morgan fingerprint density at radius 1 is 1.40 bits per heavy atom. The van der Waals surface area contributed by atoms with Crippen molar-refractivity contribution in [2.45, 2.75) is 31.5 Å². The quantitative estimate of drug-likeness (QED) is 0.821. The molecule has 0 saturated carbocycles. The van der Waals surface area contributed by atoms with E-state index in [1.54, 1.807) is 7.05 Å². The second-order valence-corrected chi connectivity index (χ2v) is 6.08. The maximum atomic E-state index is 12.5. The zero-order valence-corrected chi connectivity index (χ0v) is 12.2. The van der Waals surface area contributed by atoms with E-state index >= 15 is 0 Å². The van der Waals surface area contributed by atoms with E-state index in [4.69, 9.17) is 0 Å². The highest BCUT2D eigenvalue weighted by Crippen LogP contribution is 2.25. The molecule has 2 N–H and O–H groups in total. The third kappa shape index (κ3) is 3.70. The third-order valence-electron chi connectivity index (χ3n) is 2.61. The maximum absolute atomic E-state index is 12.5.